The fourth-order valence-corrected chi connectivity index (χ4v) is 2.67. The highest BCUT2D eigenvalue weighted by Crippen LogP contribution is 2.30. The monoisotopic (exact) mass is 283 g/mol. The van der Waals surface area contributed by atoms with Gasteiger partial charge in [-0.05, 0) is 47.6 Å². The van der Waals surface area contributed by atoms with Gasteiger partial charge in [-0.15, -0.1) is 0 Å². The zero-order valence-corrected chi connectivity index (χ0v) is 12.8. The lowest BCUT2D eigenvalue weighted by Gasteiger charge is -2.16. The minimum Gasteiger partial charge on any atom is -0.478 e. The number of hydrogen-bond donors (Lipinski definition) is 1. The first kappa shape index (κ1) is 15.2. The normalized spacial score (nSPS) is 10.6. The maximum absolute atomic E-state index is 11.2. The smallest absolute Gasteiger partial charge is 0.337 e. The molecule has 1 aromatic carbocycles. The predicted molar refractivity (Wildman–Crippen MR) is 84.8 cm³/mol. The van der Waals surface area contributed by atoms with Crippen LogP contribution in [0.1, 0.15) is 47.8 Å². The predicted octanol–water partition coefficient (Wildman–Crippen LogP) is 4.13. The van der Waals surface area contributed by atoms with Crippen LogP contribution in [0.5, 0.6) is 0 Å². The van der Waals surface area contributed by atoms with Gasteiger partial charge in [0.2, 0.25) is 0 Å². The van der Waals surface area contributed by atoms with Gasteiger partial charge in [-0.1, -0.05) is 32.9 Å². The number of carbonyl (C=O) groups is 1. The second kappa shape index (κ2) is 6.53. The summed E-state index contributed by atoms with van der Waals surface area (Å²) >= 11 is 0. The summed E-state index contributed by atoms with van der Waals surface area (Å²) in [4.78, 5) is 15.2. The van der Waals surface area contributed by atoms with Crippen molar-refractivity contribution in [2.75, 3.05) is 0 Å². The van der Waals surface area contributed by atoms with Crippen LogP contribution in [0.15, 0.2) is 30.6 Å². The Labute approximate surface area is 125 Å². The molecule has 0 spiro atoms. The summed E-state index contributed by atoms with van der Waals surface area (Å²) < 4.78 is 0. The number of aryl methyl sites for hydroxylation is 3. The van der Waals surface area contributed by atoms with Gasteiger partial charge in [-0.25, -0.2) is 4.79 Å². The van der Waals surface area contributed by atoms with Crippen molar-refractivity contribution in [2.24, 2.45) is 0 Å². The van der Waals surface area contributed by atoms with Gasteiger partial charge < -0.3 is 5.11 Å². The number of nitrogens with zero attached hydrogens (tertiary/aromatic N) is 1. The molecule has 21 heavy (non-hydrogen) atoms. The van der Waals surface area contributed by atoms with Crippen LogP contribution in [0.3, 0.4) is 0 Å². The average Bonchev–Trinajstić information content (AvgIpc) is 2.53. The van der Waals surface area contributed by atoms with E-state index in [-0.39, 0.29) is 5.56 Å². The minimum absolute atomic E-state index is 0.233. The fraction of sp³-hybridized carbons (Fsp3) is 0.333. The van der Waals surface area contributed by atoms with Crippen molar-refractivity contribution in [1.29, 1.82) is 0 Å². The molecule has 1 heterocycles. The third kappa shape index (κ3) is 3.13. The summed E-state index contributed by atoms with van der Waals surface area (Å²) in [7, 11) is 0. The van der Waals surface area contributed by atoms with Crippen LogP contribution in [-0.2, 0) is 19.3 Å². The van der Waals surface area contributed by atoms with Gasteiger partial charge in [0.05, 0.1) is 5.56 Å². The molecule has 110 valence electrons. The average molecular weight is 283 g/mol. The van der Waals surface area contributed by atoms with Gasteiger partial charge in [0.25, 0.3) is 0 Å². The van der Waals surface area contributed by atoms with Crippen LogP contribution in [0.2, 0.25) is 0 Å². The molecule has 2 aromatic rings. The largest absolute Gasteiger partial charge is 0.478 e. The molecule has 0 atom stereocenters. The first-order valence-corrected chi connectivity index (χ1v) is 7.44. The Morgan fingerprint density at radius 2 is 1.62 bits per heavy atom. The molecule has 3 nitrogen and oxygen atoms in total. The Bertz CT molecular complexity index is 637. The molecule has 2 rings (SSSR count). The Morgan fingerprint density at radius 3 is 2.10 bits per heavy atom. The highest BCUT2D eigenvalue weighted by atomic mass is 16.4. The Morgan fingerprint density at radius 1 is 1.00 bits per heavy atom. The van der Waals surface area contributed by atoms with Gasteiger partial charge in [0, 0.05) is 18.0 Å². The zero-order chi connectivity index (χ0) is 15.4. The van der Waals surface area contributed by atoms with Gasteiger partial charge in [0.1, 0.15) is 0 Å². The van der Waals surface area contributed by atoms with E-state index < -0.39 is 5.97 Å². The summed E-state index contributed by atoms with van der Waals surface area (Å²) in [5, 5.41) is 9.15. The summed E-state index contributed by atoms with van der Waals surface area (Å²) in [5.41, 5.74) is 6.12. The topological polar surface area (TPSA) is 50.2 Å². The molecule has 0 radical (unpaired) electrons. The first-order chi connectivity index (χ1) is 10.1. The van der Waals surface area contributed by atoms with Crippen LogP contribution in [0, 0.1) is 0 Å². The zero-order valence-electron chi connectivity index (χ0n) is 12.8. The minimum atomic E-state index is -0.939. The molecule has 0 bridgehead atoms. The molecular formula is C18H21NO2. The van der Waals surface area contributed by atoms with Crippen molar-refractivity contribution < 1.29 is 9.90 Å². The number of aromatic carboxylic acids is 1. The van der Waals surface area contributed by atoms with Gasteiger partial charge in [0.15, 0.2) is 0 Å². The van der Waals surface area contributed by atoms with E-state index in [1.807, 2.05) is 0 Å². The molecule has 1 N–H and O–H groups in total. The van der Waals surface area contributed by atoms with E-state index in [2.05, 4.69) is 37.9 Å². The van der Waals surface area contributed by atoms with Gasteiger partial charge >= 0.3 is 5.97 Å². The third-order valence-electron chi connectivity index (χ3n) is 3.81. The number of aromatic nitrogens is 1. The van der Waals surface area contributed by atoms with E-state index in [1.165, 1.54) is 22.9 Å². The number of carboxylic acid groups (broad SMARTS) is 1. The number of carboxylic acids is 1. The van der Waals surface area contributed by atoms with Crippen molar-refractivity contribution in [3.63, 3.8) is 0 Å². The fourth-order valence-electron chi connectivity index (χ4n) is 2.67. The highest BCUT2D eigenvalue weighted by molar-refractivity contribution is 5.89. The Balaban J connectivity index is 2.67. The van der Waals surface area contributed by atoms with Crippen LogP contribution in [-0.4, -0.2) is 16.1 Å². The van der Waals surface area contributed by atoms with Crippen LogP contribution >= 0.6 is 0 Å². The molecule has 0 aliphatic rings. The quantitative estimate of drug-likeness (QED) is 0.897. The number of rotatable bonds is 5. The molecule has 0 aliphatic heterocycles. The molecular weight excluding hydrogens is 262 g/mol. The van der Waals surface area contributed by atoms with Crippen molar-refractivity contribution >= 4 is 5.97 Å². The van der Waals surface area contributed by atoms with Gasteiger partial charge in [-0.2, -0.15) is 0 Å². The van der Waals surface area contributed by atoms with Crippen LogP contribution < -0.4 is 0 Å². The first-order valence-electron chi connectivity index (χ1n) is 7.44. The lowest BCUT2D eigenvalue weighted by Crippen LogP contribution is -2.01. The van der Waals surface area contributed by atoms with E-state index in [9.17, 15) is 4.79 Å². The molecule has 0 fully saturated rings. The van der Waals surface area contributed by atoms with E-state index in [4.69, 9.17) is 5.11 Å². The van der Waals surface area contributed by atoms with Crippen molar-refractivity contribution in [1.82, 2.24) is 4.98 Å². The second-order valence-corrected chi connectivity index (χ2v) is 5.12. The summed E-state index contributed by atoms with van der Waals surface area (Å²) in [6, 6.07) is 6.17. The van der Waals surface area contributed by atoms with E-state index in [0.29, 0.717) is 0 Å². The van der Waals surface area contributed by atoms with Crippen LogP contribution in [0.4, 0.5) is 0 Å². The Hall–Kier alpha value is -2.16. The third-order valence-corrected chi connectivity index (χ3v) is 3.81. The SMILES string of the molecule is CCc1cc(CC)c(-c2cncc(C(=O)O)c2)c(CC)c1. The molecule has 1 aromatic heterocycles. The maximum Gasteiger partial charge on any atom is 0.337 e. The number of pyridine rings is 1. The standard InChI is InChI=1S/C18H21NO2/c1-4-12-7-13(5-2)17(14(6-3)8-12)15-9-16(18(20)21)11-19-10-15/h7-11H,4-6H2,1-3H3,(H,20,21). The second-order valence-electron chi connectivity index (χ2n) is 5.12. The molecule has 0 amide bonds. The van der Waals surface area contributed by atoms with Crippen LogP contribution in [0.25, 0.3) is 11.1 Å². The Kier molecular flexibility index (Phi) is 4.73. The molecule has 3 heteroatoms. The maximum atomic E-state index is 11.2. The molecule has 0 saturated carbocycles. The lowest BCUT2D eigenvalue weighted by molar-refractivity contribution is 0.0696. The molecule has 0 aliphatic carbocycles. The summed E-state index contributed by atoms with van der Waals surface area (Å²) in [6.45, 7) is 6.42. The van der Waals surface area contributed by atoms with Gasteiger partial charge in [-0.3, -0.25) is 4.98 Å². The molecule has 0 unspecified atom stereocenters. The van der Waals surface area contributed by atoms with Crippen molar-refractivity contribution in [3.05, 3.63) is 52.8 Å². The number of benzene rings is 1. The van der Waals surface area contributed by atoms with E-state index in [0.717, 1.165) is 30.4 Å². The molecule has 0 saturated heterocycles. The van der Waals surface area contributed by atoms with Crippen molar-refractivity contribution in [3.8, 4) is 11.1 Å². The lowest BCUT2D eigenvalue weighted by atomic mass is 9.89. The number of hydrogen-bond acceptors (Lipinski definition) is 2. The van der Waals surface area contributed by atoms with E-state index >= 15 is 0 Å². The van der Waals surface area contributed by atoms with Crippen molar-refractivity contribution in [2.45, 2.75) is 40.0 Å². The van der Waals surface area contributed by atoms with E-state index in [1.54, 1.807) is 12.3 Å². The summed E-state index contributed by atoms with van der Waals surface area (Å²) in [5.74, 6) is -0.939. The highest BCUT2D eigenvalue weighted by Gasteiger charge is 2.13. The summed E-state index contributed by atoms with van der Waals surface area (Å²) in [6.07, 6.45) is 6.00.